The van der Waals surface area contributed by atoms with Crippen LogP contribution >= 0.6 is 0 Å². The average molecular weight is 262 g/mol. The monoisotopic (exact) mass is 262 g/mol. The van der Waals surface area contributed by atoms with Crippen LogP contribution in [0.3, 0.4) is 0 Å². The van der Waals surface area contributed by atoms with Crippen molar-refractivity contribution >= 4 is 17.6 Å². The molecular weight excluding hydrogens is 251 g/mol. The highest BCUT2D eigenvalue weighted by Crippen LogP contribution is 2.39. The highest BCUT2D eigenvalue weighted by atomic mass is 19.1. The molecule has 1 aliphatic rings. The summed E-state index contributed by atoms with van der Waals surface area (Å²) in [5.41, 5.74) is 5.54. The Morgan fingerprint density at radius 2 is 2.21 bits per heavy atom. The molecule has 1 aromatic carbocycles. The second-order valence-electron chi connectivity index (χ2n) is 4.41. The number of carbonyl (C=O) groups excluding carboxylic acids is 1. The van der Waals surface area contributed by atoms with E-state index in [1.165, 1.54) is 12.1 Å². The van der Waals surface area contributed by atoms with Crippen molar-refractivity contribution in [1.29, 1.82) is 0 Å². The zero-order valence-electron chi connectivity index (χ0n) is 9.89. The maximum Gasteiger partial charge on any atom is 0.322 e. The number of nitrogens with zero attached hydrogens (tertiary/aromatic N) is 2. The number of anilines is 2. The van der Waals surface area contributed by atoms with Gasteiger partial charge >= 0.3 is 6.01 Å². The number of aromatic nitrogens is 2. The van der Waals surface area contributed by atoms with Crippen molar-refractivity contribution in [3.05, 3.63) is 35.5 Å². The summed E-state index contributed by atoms with van der Waals surface area (Å²) in [5, 5.41) is 9.87. The number of nitrogen functional groups attached to an aromatic ring is 1. The molecule has 1 saturated carbocycles. The Morgan fingerprint density at radius 1 is 1.42 bits per heavy atom. The normalized spacial score (nSPS) is 14.4. The zero-order chi connectivity index (χ0) is 13.4. The van der Waals surface area contributed by atoms with Gasteiger partial charge in [-0.3, -0.25) is 10.1 Å². The summed E-state index contributed by atoms with van der Waals surface area (Å²) >= 11 is 0. The fourth-order valence-electron chi connectivity index (χ4n) is 1.66. The van der Waals surface area contributed by atoms with E-state index in [-0.39, 0.29) is 17.3 Å². The van der Waals surface area contributed by atoms with Gasteiger partial charge in [-0.1, -0.05) is 5.10 Å². The van der Waals surface area contributed by atoms with Gasteiger partial charge in [-0.2, -0.15) is 0 Å². The Bertz CT molecular complexity index is 636. The molecule has 0 unspecified atom stereocenters. The number of rotatable bonds is 3. The van der Waals surface area contributed by atoms with Crippen molar-refractivity contribution in [2.45, 2.75) is 18.8 Å². The number of halogens is 1. The van der Waals surface area contributed by atoms with E-state index in [9.17, 15) is 9.18 Å². The minimum Gasteiger partial charge on any atom is -0.408 e. The zero-order valence-corrected chi connectivity index (χ0v) is 9.89. The molecule has 7 heteroatoms. The van der Waals surface area contributed by atoms with Crippen LogP contribution in [0.15, 0.2) is 22.6 Å². The van der Waals surface area contributed by atoms with Crippen molar-refractivity contribution in [2.75, 3.05) is 11.1 Å². The molecule has 0 atom stereocenters. The third kappa shape index (κ3) is 2.40. The van der Waals surface area contributed by atoms with Gasteiger partial charge in [0.05, 0.1) is 5.56 Å². The fourth-order valence-corrected chi connectivity index (χ4v) is 1.66. The van der Waals surface area contributed by atoms with Crippen molar-refractivity contribution in [1.82, 2.24) is 10.2 Å². The number of hydrogen-bond acceptors (Lipinski definition) is 5. The number of benzene rings is 1. The molecule has 2 aromatic rings. The lowest BCUT2D eigenvalue weighted by Crippen LogP contribution is -2.14. The first kappa shape index (κ1) is 11.6. The molecule has 1 aliphatic carbocycles. The average Bonchev–Trinajstić information content (AvgIpc) is 3.10. The molecule has 1 aromatic heterocycles. The number of carbonyl (C=O) groups is 1. The fraction of sp³-hybridized carbons (Fsp3) is 0.250. The van der Waals surface area contributed by atoms with Crippen LogP contribution in [0.1, 0.15) is 35.0 Å². The maximum atomic E-state index is 13.5. The van der Waals surface area contributed by atoms with E-state index >= 15 is 0 Å². The summed E-state index contributed by atoms with van der Waals surface area (Å²) in [6.07, 6.45) is 2.03. The van der Waals surface area contributed by atoms with Crippen molar-refractivity contribution in [2.24, 2.45) is 0 Å². The summed E-state index contributed by atoms with van der Waals surface area (Å²) in [6.45, 7) is 0. The van der Waals surface area contributed by atoms with E-state index < -0.39 is 11.7 Å². The predicted molar refractivity (Wildman–Crippen MR) is 65.0 cm³/mol. The van der Waals surface area contributed by atoms with Gasteiger partial charge in [0.2, 0.25) is 5.89 Å². The van der Waals surface area contributed by atoms with Crippen LogP contribution in [0.5, 0.6) is 0 Å². The van der Waals surface area contributed by atoms with Crippen LogP contribution in [-0.4, -0.2) is 16.1 Å². The van der Waals surface area contributed by atoms with Crippen molar-refractivity contribution < 1.29 is 13.6 Å². The number of hydrogen-bond donors (Lipinski definition) is 2. The molecule has 1 fully saturated rings. The van der Waals surface area contributed by atoms with Gasteiger partial charge in [-0.25, -0.2) is 4.39 Å². The van der Waals surface area contributed by atoms with Gasteiger partial charge < -0.3 is 10.2 Å². The first-order valence-electron chi connectivity index (χ1n) is 5.83. The molecule has 6 nitrogen and oxygen atoms in total. The lowest BCUT2D eigenvalue weighted by molar-refractivity contribution is 0.102. The van der Waals surface area contributed by atoms with E-state index in [4.69, 9.17) is 10.2 Å². The third-order valence-electron chi connectivity index (χ3n) is 2.83. The smallest absolute Gasteiger partial charge is 0.322 e. The third-order valence-corrected chi connectivity index (χ3v) is 2.83. The molecule has 3 N–H and O–H groups in total. The molecular formula is C12H11FN4O2. The van der Waals surface area contributed by atoms with E-state index in [1.807, 2.05) is 0 Å². The van der Waals surface area contributed by atoms with Crippen LogP contribution in [0.25, 0.3) is 0 Å². The molecule has 1 amide bonds. The lowest BCUT2D eigenvalue weighted by Gasteiger charge is -2.02. The van der Waals surface area contributed by atoms with Crippen molar-refractivity contribution in [3.8, 4) is 0 Å². The Hall–Kier alpha value is -2.44. The summed E-state index contributed by atoms with van der Waals surface area (Å²) in [5.74, 6) is -0.539. The molecule has 1 heterocycles. The summed E-state index contributed by atoms with van der Waals surface area (Å²) in [4.78, 5) is 11.8. The summed E-state index contributed by atoms with van der Waals surface area (Å²) in [6, 6.07) is 3.81. The minimum atomic E-state index is -0.695. The Labute approximate surface area is 107 Å². The molecule has 0 aliphatic heterocycles. The Kier molecular flexibility index (Phi) is 2.66. The quantitative estimate of drug-likeness (QED) is 0.824. The SMILES string of the molecule is Nc1ccc(C(=O)Nc2nnc(C3CC3)o2)c(F)c1. The van der Waals surface area contributed by atoms with E-state index in [1.54, 1.807) is 0 Å². The molecule has 0 bridgehead atoms. The topological polar surface area (TPSA) is 94.0 Å². The molecule has 0 radical (unpaired) electrons. The standard InChI is InChI=1S/C12H11FN4O2/c13-9-5-7(14)3-4-8(9)10(18)15-12-17-16-11(19-12)6-1-2-6/h3-6H,1-2,14H2,(H,15,17,18). The van der Waals surface area contributed by atoms with E-state index in [0.717, 1.165) is 18.9 Å². The lowest BCUT2D eigenvalue weighted by atomic mass is 10.2. The first-order valence-corrected chi connectivity index (χ1v) is 5.83. The van der Waals surface area contributed by atoms with Gasteiger partial charge in [-0.05, 0) is 31.0 Å². The number of nitrogens with two attached hydrogens (primary N) is 1. The van der Waals surface area contributed by atoms with Gasteiger partial charge in [0.15, 0.2) is 0 Å². The van der Waals surface area contributed by atoms with E-state index in [0.29, 0.717) is 11.8 Å². The summed E-state index contributed by atoms with van der Waals surface area (Å²) in [7, 11) is 0. The molecule has 19 heavy (non-hydrogen) atoms. The minimum absolute atomic E-state index is 0.0249. The predicted octanol–water partition coefficient (Wildman–Crippen LogP) is 1.92. The highest BCUT2D eigenvalue weighted by molar-refractivity contribution is 6.03. The maximum absolute atomic E-state index is 13.5. The van der Waals surface area contributed by atoms with Gasteiger partial charge in [-0.15, -0.1) is 5.10 Å². The molecule has 0 saturated heterocycles. The summed E-state index contributed by atoms with van der Waals surface area (Å²) < 4.78 is 18.8. The number of amides is 1. The van der Waals surface area contributed by atoms with Gasteiger partial charge in [0, 0.05) is 11.6 Å². The van der Waals surface area contributed by atoms with Crippen LogP contribution < -0.4 is 11.1 Å². The van der Waals surface area contributed by atoms with Crippen LogP contribution in [0.4, 0.5) is 16.1 Å². The van der Waals surface area contributed by atoms with Gasteiger partial charge in [0.1, 0.15) is 5.82 Å². The Morgan fingerprint density at radius 3 is 2.89 bits per heavy atom. The molecule has 0 spiro atoms. The van der Waals surface area contributed by atoms with Gasteiger partial charge in [0.25, 0.3) is 5.91 Å². The highest BCUT2D eigenvalue weighted by Gasteiger charge is 2.29. The second-order valence-corrected chi connectivity index (χ2v) is 4.41. The number of nitrogens with one attached hydrogen (secondary N) is 1. The van der Waals surface area contributed by atoms with Crippen LogP contribution in [0, 0.1) is 5.82 Å². The van der Waals surface area contributed by atoms with Crippen molar-refractivity contribution in [3.63, 3.8) is 0 Å². The Balaban J connectivity index is 1.76. The molecule has 98 valence electrons. The molecule has 3 rings (SSSR count). The first-order chi connectivity index (χ1) is 9.13. The van der Waals surface area contributed by atoms with Crippen LogP contribution in [0.2, 0.25) is 0 Å². The van der Waals surface area contributed by atoms with E-state index in [2.05, 4.69) is 15.5 Å². The second kappa shape index (κ2) is 4.34. The van der Waals surface area contributed by atoms with Crippen LogP contribution in [-0.2, 0) is 0 Å². The largest absolute Gasteiger partial charge is 0.408 e.